The first-order valence-electron chi connectivity index (χ1n) is 9.77. The summed E-state index contributed by atoms with van der Waals surface area (Å²) in [6, 6.07) is 0. The highest BCUT2D eigenvalue weighted by atomic mass is 16.5. The number of nitrogens with one attached hydrogen (secondary N) is 1. The summed E-state index contributed by atoms with van der Waals surface area (Å²) in [6.07, 6.45) is 0.745. The van der Waals surface area contributed by atoms with Gasteiger partial charge in [0.15, 0.2) is 0 Å². The van der Waals surface area contributed by atoms with Gasteiger partial charge in [-0.2, -0.15) is 0 Å². The van der Waals surface area contributed by atoms with Gasteiger partial charge in [-0.1, -0.05) is 0 Å². The van der Waals surface area contributed by atoms with Crippen molar-refractivity contribution in [2.45, 2.75) is 40.2 Å². The lowest BCUT2D eigenvalue weighted by Crippen LogP contribution is -2.45. The zero-order valence-corrected chi connectivity index (χ0v) is 17.6. The molecule has 1 amide bonds. The lowest BCUT2D eigenvalue weighted by atomic mass is 10.1. The first-order chi connectivity index (χ1) is 12.7. The zero-order chi connectivity index (χ0) is 20.1. The number of hydrogen-bond acceptors (Lipinski definition) is 5. The molecular weight excluding hydrogens is 344 g/mol. The molecule has 2 rings (SSSR count). The molecule has 0 unspecified atom stereocenters. The number of aromatic nitrogens is 1. The Morgan fingerprint density at radius 3 is 2.41 bits per heavy atom. The molecule has 7 nitrogen and oxygen atoms in total. The number of carbonyl (C=O) groups excluding carboxylic acids is 2. The molecule has 1 fully saturated rings. The van der Waals surface area contributed by atoms with Gasteiger partial charge in [-0.25, -0.2) is 4.79 Å². The molecule has 1 N–H and O–H groups in total. The van der Waals surface area contributed by atoms with Gasteiger partial charge < -0.3 is 24.4 Å². The Kier molecular flexibility index (Phi) is 7.44. The first-order valence-corrected chi connectivity index (χ1v) is 9.77. The predicted molar refractivity (Wildman–Crippen MR) is 106 cm³/mol. The fourth-order valence-electron chi connectivity index (χ4n) is 3.44. The van der Waals surface area contributed by atoms with Crippen LogP contribution in [0.2, 0.25) is 0 Å². The molecule has 152 valence electrons. The van der Waals surface area contributed by atoms with Crippen LogP contribution in [0, 0.1) is 13.8 Å². The second kappa shape index (κ2) is 9.37. The molecule has 0 aromatic carbocycles. The van der Waals surface area contributed by atoms with Crippen molar-refractivity contribution in [2.24, 2.45) is 0 Å². The number of amides is 1. The Labute approximate surface area is 162 Å². The molecule has 27 heavy (non-hydrogen) atoms. The van der Waals surface area contributed by atoms with E-state index in [-0.39, 0.29) is 18.0 Å². The van der Waals surface area contributed by atoms with E-state index in [2.05, 4.69) is 21.8 Å². The van der Waals surface area contributed by atoms with Crippen molar-refractivity contribution in [1.29, 1.82) is 0 Å². The Hall–Kier alpha value is -1.86. The average molecular weight is 379 g/mol. The van der Waals surface area contributed by atoms with E-state index in [4.69, 9.17) is 4.74 Å². The minimum absolute atomic E-state index is 0.0856. The van der Waals surface area contributed by atoms with E-state index in [9.17, 15) is 9.59 Å². The monoisotopic (exact) mass is 378 g/mol. The van der Waals surface area contributed by atoms with Crippen LogP contribution in [0.1, 0.15) is 52.4 Å². The van der Waals surface area contributed by atoms with Crippen molar-refractivity contribution in [2.75, 3.05) is 53.4 Å². The van der Waals surface area contributed by atoms with Crippen molar-refractivity contribution in [3.8, 4) is 0 Å². The van der Waals surface area contributed by atoms with Crippen LogP contribution in [-0.4, -0.2) is 91.0 Å². The fourth-order valence-corrected chi connectivity index (χ4v) is 3.44. The second-order valence-corrected chi connectivity index (χ2v) is 7.80. The third-order valence-electron chi connectivity index (χ3n) is 5.11. The average Bonchev–Trinajstić information content (AvgIpc) is 2.89. The molecule has 0 spiro atoms. The number of aromatic amines is 1. The maximum absolute atomic E-state index is 12.8. The largest absolute Gasteiger partial charge is 0.459 e. The molecule has 0 bridgehead atoms. The third kappa shape index (κ3) is 5.56. The fraction of sp³-hybridized carbons (Fsp3) is 0.700. The quantitative estimate of drug-likeness (QED) is 0.734. The van der Waals surface area contributed by atoms with Crippen LogP contribution in [0.25, 0.3) is 0 Å². The molecule has 0 radical (unpaired) electrons. The van der Waals surface area contributed by atoms with Crippen molar-refractivity contribution >= 4 is 11.9 Å². The number of esters is 1. The number of H-pyrrole nitrogens is 1. The second-order valence-electron chi connectivity index (χ2n) is 7.80. The SMILES string of the molecule is Cc1[nH]c(C(=O)N(C)CCCN2CCN(C)CC2)c(C)c1C(=O)OC(C)C. The van der Waals surface area contributed by atoms with E-state index in [1.54, 1.807) is 18.7 Å². The minimum Gasteiger partial charge on any atom is -0.459 e. The van der Waals surface area contributed by atoms with Gasteiger partial charge in [-0.05, 0) is 53.3 Å². The van der Waals surface area contributed by atoms with Crippen LogP contribution in [-0.2, 0) is 4.74 Å². The number of carbonyl (C=O) groups is 2. The van der Waals surface area contributed by atoms with E-state index in [1.165, 1.54) is 0 Å². The van der Waals surface area contributed by atoms with E-state index >= 15 is 0 Å². The van der Waals surface area contributed by atoms with E-state index < -0.39 is 0 Å². The Morgan fingerprint density at radius 2 is 1.81 bits per heavy atom. The van der Waals surface area contributed by atoms with Crippen LogP contribution >= 0.6 is 0 Å². The topological polar surface area (TPSA) is 68.9 Å². The highest BCUT2D eigenvalue weighted by Crippen LogP contribution is 2.21. The number of nitrogens with zero attached hydrogens (tertiary/aromatic N) is 3. The van der Waals surface area contributed by atoms with Crippen molar-refractivity contribution < 1.29 is 14.3 Å². The Bertz CT molecular complexity index is 660. The molecule has 1 aliphatic rings. The molecule has 1 aromatic heterocycles. The van der Waals surface area contributed by atoms with Crippen LogP contribution in [0.3, 0.4) is 0 Å². The minimum atomic E-state index is -0.381. The molecule has 1 saturated heterocycles. The van der Waals surface area contributed by atoms with Gasteiger partial charge in [0.1, 0.15) is 5.69 Å². The summed E-state index contributed by atoms with van der Waals surface area (Å²) in [5.74, 6) is -0.467. The third-order valence-corrected chi connectivity index (χ3v) is 5.11. The van der Waals surface area contributed by atoms with E-state index in [0.717, 1.165) is 39.1 Å². The molecule has 7 heteroatoms. The van der Waals surface area contributed by atoms with Crippen molar-refractivity contribution in [3.63, 3.8) is 0 Å². The van der Waals surface area contributed by atoms with Gasteiger partial charge in [0.2, 0.25) is 0 Å². The maximum atomic E-state index is 12.8. The zero-order valence-electron chi connectivity index (χ0n) is 17.6. The Balaban J connectivity index is 1.93. The maximum Gasteiger partial charge on any atom is 0.340 e. The van der Waals surface area contributed by atoms with Crippen molar-refractivity contribution in [3.05, 3.63) is 22.5 Å². The molecule has 0 saturated carbocycles. The molecular formula is C20H34N4O3. The molecule has 0 aliphatic carbocycles. The summed E-state index contributed by atoms with van der Waals surface area (Å²) < 4.78 is 5.30. The number of piperazine rings is 1. The van der Waals surface area contributed by atoms with Crippen LogP contribution in [0.4, 0.5) is 0 Å². The number of likely N-dealkylation sites (N-methyl/N-ethyl adjacent to an activating group) is 1. The summed E-state index contributed by atoms with van der Waals surface area (Å²) in [5.41, 5.74) is 2.28. The van der Waals surface area contributed by atoms with Gasteiger partial charge in [0.05, 0.1) is 11.7 Å². The molecule has 1 aromatic rings. The molecule has 2 heterocycles. The van der Waals surface area contributed by atoms with Gasteiger partial charge in [-0.3, -0.25) is 4.79 Å². The molecule has 1 aliphatic heterocycles. The normalized spacial score (nSPS) is 16.0. The van der Waals surface area contributed by atoms with Crippen LogP contribution in [0.15, 0.2) is 0 Å². The number of hydrogen-bond donors (Lipinski definition) is 1. The summed E-state index contributed by atoms with van der Waals surface area (Å²) >= 11 is 0. The standard InChI is InChI=1S/C20H34N4O3/c1-14(2)27-20(26)17-15(3)18(21-16(17)4)19(25)23(6)8-7-9-24-12-10-22(5)11-13-24/h14,21H,7-13H2,1-6H3. The highest BCUT2D eigenvalue weighted by Gasteiger charge is 2.25. The van der Waals surface area contributed by atoms with Gasteiger partial charge in [0, 0.05) is 45.5 Å². The lowest BCUT2D eigenvalue weighted by molar-refractivity contribution is 0.0376. The van der Waals surface area contributed by atoms with Crippen LogP contribution < -0.4 is 0 Å². The molecule has 0 atom stereocenters. The van der Waals surface area contributed by atoms with E-state index in [0.29, 0.717) is 29.1 Å². The van der Waals surface area contributed by atoms with Gasteiger partial charge in [-0.15, -0.1) is 0 Å². The van der Waals surface area contributed by atoms with Gasteiger partial charge in [0.25, 0.3) is 5.91 Å². The number of aryl methyl sites for hydroxylation is 1. The predicted octanol–water partition coefficient (Wildman–Crippen LogP) is 1.91. The summed E-state index contributed by atoms with van der Waals surface area (Å²) in [5, 5.41) is 0. The summed E-state index contributed by atoms with van der Waals surface area (Å²) in [6.45, 7) is 13.3. The first kappa shape index (κ1) is 21.4. The lowest BCUT2D eigenvalue weighted by Gasteiger charge is -2.32. The van der Waals surface area contributed by atoms with Gasteiger partial charge >= 0.3 is 5.97 Å². The van der Waals surface area contributed by atoms with Crippen LogP contribution in [0.5, 0.6) is 0 Å². The number of rotatable bonds is 7. The smallest absolute Gasteiger partial charge is 0.340 e. The Morgan fingerprint density at radius 1 is 1.19 bits per heavy atom. The van der Waals surface area contributed by atoms with E-state index in [1.807, 2.05) is 20.9 Å². The highest BCUT2D eigenvalue weighted by molar-refractivity contribution is 6.00. The summed E-state index contributed by atoms with van der Waals surface area (Å²) in [7, 11) is 3.96. The summed E-state index contributed by atoms with van der Waals surface area (Å²) in [4.78, 5) is 34.7. The number of ether oxygens (including phenoxy) is 1. The van der Waals surface area contributed by atoms with Crippen molar-refractivity contribution in [1.82, 2.24) is 19.7 Å².